The van der Waals surface area contributed by atoms with E-state index in [1.807, 2.05) is 30.3 Å². The van der Waals surface area contributed by atoms with Gasteiger partial charge in [-0.15, -0.1) is 0 Å². The van der Waals surface area contributed by atoms with Gasteiger partial charge in [-0.05, 0) is 5.56 Å². The molecule has 0 radical (unpaired) electrons. The van der Waals surface area contributed by atoms with Crippen LogP contribution in [-0.2, 0) is 28.1 Å². The number of aromatic nitrogens is 2. The Bertz CT molecular complexity index is 814. The highest BCUT2D eigenvalue weighted by atomic mass is 16.2. The molecule has 1 fully saturated rings. The van der Waals surface area contributed by atoms with Crippen LogP contribution in [0.25, 0.3) is 0 Å². The van der Waals surface area contributed by atoms with E-state index in [1.54, 1.807) is 11.1 Å². The van der Waals surface area contributed by atoms with Gasteiger partial charge in [-0.3, -0.25) is 9.59 Å². The first kappa shape index (κ1) is 19.0. The van der Waals surface area contributed by atoms with Crippen molar-refractivity contribution in [1.29, 1.82) is 0 Å². The van der Waals surface area contributed by atoms with E-state index >= 15 is 0 Å². The summed E-state index contributed by atoms with van der Waals surface area (Å²) in [7, 11) is 0. The van der Waals surface area contributed by atoms with Crippen LogP contribution in [0.2, 0.25) is 0 Å². The summed E-state index contributed by atoms with van der Waals surface area (Å²) in [4.78, 5) is 35.1. The Morgan fingerprint density at radius 2 is 2.00 bits per heavy atom. The van der Waals surface area contributed by atoms with Crippen molar-refractivity contribution in [3.8, 4) is 0 Å². The zero-order valence-electron chi connectivity index (χ0n) is 16.1. The Labute approximate surface area is 160 Å². The van der Waals surface area contributed by atoms with Crippen LogP contribution in [0.1, 0.15) is 44.0 Å². The molecule has 1 aliphatic rings. The maximum absolute atomic E-state index is 12.6. The van der Waals surface area contributed by atoms with Crippen LogP contribution in [0.4, 0.5) is 0 Å². The Morgan fingerprint density at radius 1 is 1.26 bits per heavy atom. The number of amides is 2. The summed E-state index contributed by atoms with van der Waals surface area (Å²) in [6.07, 6.45) is 3.54. The Morgan fingerprint density at radius 3 is 2.70 bits per heavy atom. The van der Waals surface area contributed by atoms with Gasteiger partial charge in [0.1, 0.15) is 6.33 Å². The summed E-state index contributed by atoms with van der Waals surface area (Å²) >= 11 is 0. The molecule has 2 amide bonds. The molecule has 0 spiro atoms. The van der Waals surface area contributed by atoms with Crippen molar-refractivity contribution in [2.75, 3.05) is 6.54 Å². The van der Waals surface area contributed by atoms with Gasteiger partial charge in [0.05, 0.1) is 11.6 Å². The van der Waals surface area contributed by atoms with E-state index in [2.05, 4.69) is 36.1 Å². The highest BCUT2D eigenvalue weighted by molar-refractivity contribution is 5.89. The molecule has 1 saturated heterocycles. The lowest BCUT2D eigenvalue weighted by molar-refractivity contribution is -0.129. The van der Waals surface area contributed by atoms with E-state index in [9.17, 15) is 9.59 Å². The van der Waals surface area contributed by atoms with Crippen LogP contribution >= 0.6 is 0 Å². The van der Waals surface area contributed by atoms with Crippen LogP contribution in [0.15, 0.2) is 42.9 Å². The molecule has 1 aliphatic heterocycles. The largest absolute Gasteiger partial charge is 0.352 e. The van der Waals surface area contributed by atoms with E-state index in [1.165, 1.54) is 6.33 Å². The van der Waals surface area contributed by atoms with Crippen LogP contribution < -0.4 is 5.32 Å². The average molecular weight is 366 g/mol. The minimum atomic E-state index is -0.316. The number of rotatable bonds is 5. The van der Waals surface area contributed by atoms with Crippen molar-refractivity contribution in [2.45, 2.75) is 45.7 Å². The number of carbonyl (C=O) groups excluding carboxylic acids is 2. The van der Waals surface area contributed by atoms with Crippen molar-refractivity contribution in [2.24, 2.45) is 5.92 Å². The molecule has 27 heavy (non-hydrogen) atoms. The molecule has 1 atom stereocenters. The molecule has 0 saturated carbocycles. The zero-order chi connectivity index (χ0) is 19.4. The number of hydrogen-bond donors (Lipinski definition) is 1. The van der Waals surface area contributed by atoms with Crippen molar-refractivity contribution in [3.05, 3.63) is 59.7 Å². The molecular formula is C21H26N4O2. The molecule has 3 rings (SSSR count). The molecular weight excluding hydrogens is 340 g/mol. The number of benzene rings is 1. The van der Waals surface area contributed by atoms with Crippen LogP contribution in [-0.4, -0.2) is 33.2 Å². The van der Waals surface area contributed by atoms with Crippen molar-refractivity contribution < 1.29 is 9.59 Å². The molecule has 1 aromatic carbocycles. The quantitative estimate of drug-likeness (QED) is 0.882. The topological polar surface area (TPSA) is 75.2 Å². The van der Waals surface area contributed by atoms with Crippen LogP contribution in [0.3, 0.4) is 0 Å². The minimum absolute atomic E-state index is 0.0254. The van der Waals surface area contributed by atoms with E-state index in [-0.39, 0.29) is 29.6 Å². The fourth-order valence-electron chi connectivity index (χ4n) is 3.39. The van der Waals surface area contributed by atoms with Crippen LogP contribution in [0, 0.1) is 5.92 Å². The Hall–Kier alpha value is -2.76. The highest BCUT2D eigenvalue weighted by Gasteiger charge is 2.34. The predicted molar refractivity (Wildman–Crippen MR) is 103 cm³/mol. The second-order valence-corrected chi connectivity index (χ2v) is 8.03. The summed E-state index contributed by atoms with van der Waals surface area (Å²) in [6.45, 7) is 7.62. The lowest BCUT2D eigenvalue weighted by Gasteiger charge is -2.21. The lowest BCUT2D eigenvalue weighted by Crippen LogP contribution is -2.33. The molecule has 6 nitrogen and oxygen atoms in total. The van der Waals surface area contributed by atoms with Gasteiger partial charge in [0.2, 0.25) is 11.8 Å². The average Bonchev–Trinajstić information content (AvgIpc) is 3.01. The molecule has 142 valence electrons. The predicted octanol–water partition coefficient (Wildman–Crippen LogP) is 2.44. The SMILES string of the molecule is CC(C)(C)c1ncncc1CNC(=O)C1CC(=O)N(Cc2ccccc2)C1. The van der Waals surface area contributed by atoms with Crippen molar-refractivity contribution in [3.63, 3.8) is 0 Å². The van der Waals surface area contributed by atoms with Gasteiger partial charge in [-0.25, -0.2) is 9.97 Å². The third-order valence-corrected chi connectivity index (χ3v) is 4.75. The van der Waals surface area contributed by atoms with Gasteiger partial charge < -0.3 is 10.2 Å². The summed E-state index contributed by atoms with van der Waals surface area (Å²) in [5.41, 5.74) is 2.77. The highest BCUT2D eigenvalue weighted by Crippen LogP contribution is 2.24. The summed E-state index contributed by atoms with van der Waals surface area (Å²) in [5, 5.41) is 2.96. The molecule has 2 aromatic rings. The molecule has 1 unspecified atom stereocenters. The second kappa shape index (κ2) is 7.86. The first-order chi connectivity index (χ1) is 12.8. The molecule has 1 N–H and O–H groups in total. The van der Waals surface area contributed by atoms with Gasteiger partial charge in [0.15, 0.2) is 0 Å². The van der Waals surface area contributed by atoms with Crippen molar-refractivity contribution >= 4 is 11.8 Å². The second-order valence-electron chi connectivity index (χ2n) is 8.03. The van der Waals surface area contributed by atoms with Gasteiger partial charge in [-0.1, -0.05) is 51.1 Å². The fraction of sp³-hybridized carbons (Fsp3) is 0.429. The first-order valence-corrected chi connectivity index (χ1v) is 9.23. The monoisotopic (exact) mass is 366 g/mol. The van der Waals surface area contributed by atoms with Gasteiger partial charge >= 0.3 is 0 Å². The number of likely N-dealkylation sites (tertiary alicyclic amines) is 1. The molecule has 0 aliphatic carbocycles. The number of hydrogen-bond acceptors (Lipinski definition) is 4. The zero-order valence-corrected chi connectivity index (χ0v) is 16.1. The Kier molecular flexibility index (Phi) is 5.54. The third-order valence-electron chi connectivity index (χ3n) is 4.75. The van der Waals surface area contributed by atoms with E-state index in [0.717, 1.165) is 16.8 Å². The normalized spacial score (nSPS) is 17.2. The van der Waals surface area contributed by atoms with Gasteiger partial charge in [-0.2, -0.15) is 0 Å². The Balaban J connectivity index is 1.59. The standard InChI is InChI=1S/C21H26N4O2/c1-21(2,3)19-17(10-22-14-24-19)11-23-20(27)16-9-18(26)25(13-16)12-15-7-5-4-6-8-15/h4-8,10,14,16H,9,11-13H2,1-3H3,(H,23,27). The third kappa shape index (κ3) is 4.70. The van der Waals surface area contributed by atoms with E-state index in [4.69, 9.17) is 0 Å². The van der Waals surface area contributed by atoms with Gasteiger partial charge in [0, 0.05) is 43.2 Å². The molecule has 6 heteroatoms. The number of nitrogens with zero attached hydrogens (tertiary/aromatic N) is 3. The molecule has 2 heterocycles. The van der Waals surface area contributed by atoms with E-state index < -0.39 is 0 Å². The van der Waals surface area contributed by atoms with Crippen molar-refractivity contribution in [1.82, 2.24) is 20.2 Å². The van der Waals surface area contributed by atoms with E-state index in [0.29, 0.717) is 19.6 Å². The summed E-state index contributed by atoms with van der Waals surface area (Å²) in [5.74, 6) is -0.385. The maximum Gasteiger partial charge on any atom is 0.225 e. The summed E-state index contributed by atoms with van der Waals surface area (Å²) in [6, 6.07) is 9.84. The first-order valence-electron chi connectivity index (χ1n) is 9.23. The smallest absolute Gasteiger partial charge is 0.225 e. The minimum Gasteiger partial charge on any atom is -0.352 e. The maximum atomic E-state index is 12.6. The van der Waals surface area contributed by atoms with Crippen LogP contribution in [0.5, 0.6) is 0 Å². The van der Waals surface area contributed by atoms with Gasteiger partial charge in [0.25, 0.3) is 0 Å². The lowest BCUT2D eigenvalue weighted by atomic mass is 9.89. The number of nitrogens with one attached hydrogen (secondary N) is 1. The fourth-order valence-corrected chi connectivity index (χ4v) is 3.39. The molecule has 0 bridgehead atoms. The molecule has 1 aromatic heterocycles. The number of carbonyl (C=O) groups is 2. The summed E-state index contributed by atoms with van der Waals surface area (Å²) < 4.78 is 0.